The molecule has 0 saturated heterocycles. The molecule has 2 rings (SSSR count). The third-order valence-electron chi connectivity index (χ3n) is 2.65. The summed E-state index contributed by atoms with van der Waals surface area (Å²) < 4.78 is 52.7. The molecule has 0 radical (unpaired) electrons. The Morgan fingerprint density at radius 1 is 1.10 bits per heavy atom. The maximum atomic E-state index is 13.5. The quantitative estimate of drug-likeness (QED) is 0.846. The Bertz CT molecular complexity index is 790. The van der Waals surface area contributed by atoms with Crippen LogP contribution in [0.1, 0.15) is 5.56 Å². The zero-order valence-electron chi connectivity index (χ0n) is 10.5. The highest BCUT2D eigenvalue weighted by molar-refractivity contribution is 7.92. The van der Waals surface area contributed by atoms with Gasteiger partial charge >= 0.3 is 0 Å². The Hall–Kier alpha value is -2.06. The first-order chi connectivity index (χ1) is 9.81. The molecule has 0 aromatic heterocycles. The predicted molar refractivity (Wildman–Crippen MR) is 79.5 cm³/mol. The molecule has 110 valence electrons. The first-order valence-electron chi connectivity index (χ1n) is 5.68. The number of thiocarbonyl (C=S) groups is 1. The largest absolute Gasteiger partial charge is 0.389 e. The molecular formula is C13H10F2N2O2S2. The fraction of sp³-hybridized carbons (Fsp3) is 0. The second kappa shape index (κ2) is 5.74. The number of nitrogens with one attached hydrogen (secondary N) is 1. The molecule has 4 nitrogen and oxygen atoms in total. The van der Waals surface area contributed by atoms with Gasteiger partial charge < -0.3 is 5.73 Å². The summed E-state index contributed by atoms with van der Waals surface area (Å²) >= 11 is 4.76. The highest BCUT2D eigenvalue weighted by Crippen LogP contribution is 2.21. The van der Waals surface area contributed by atoms with Gasteiger partial charge in [0.15, 0.2) is 11.6 Å². The normalized spacial score (nSPS) is 11.1. The van der Waals surface area contributed by atoms with Crippen LogP contribution in [0, 0.1) is 11.6 Å². The molecule has 3 N–H and O–H groups in total. The minimum atomic E-state index is -4.04. The molecule has 0 saturated carbocycles. The van der Waals surface area contributed by atoms with Gasteiger partial charge in [-0.25, -0.2) is 17.2 Å². The van der Waals surface area contributed by atoms with E-state index in [4.69, 9.17) is 18.0 Å². The third-order valence-corrected chi connectivity index (χ3v) is 4.26. The van der Waals surface area contributed by atoms with Crippen molar-refractivity contribution in [3.05, 3.63) is 59.7 Å². The monoisotopic (exact) mass is 328 g/mol. The van der Waals surface area contributed by atoms with E-state index in [9.17, 15) is 17.2 Å². The van der Waals surface area contributed by atoms with Crippen LogP contribution in [-0.4, -0.2) is 13.4 Å². The van der Waals surface area contributed by atoms with Gasteiger partial charge in [-0.15, -0.1) is 0 Å². The highest BCUT2D eigenvalue weighted by atomic mass is 32.2. The topological polar surface area (TPSA) is 72.2 Å². The minimum absolute atomic E-state index is 0.119. The molecule has 0 spiro atoms. The molecule has 0 aliphatic carbocycles. The van der Waals surface area contributed by atoms with E-state index >= 15 is 0 Å². The Labute approximate surface area is 125 Å². The highest BCUT2D eigenvalue weighted by Gasteiger charge is 2.17. The van der Waals surface area contributed by atoms with Crippen molar-refractivity contribution in [2.24, 2.45) is 5.73 Å². The second-order valence-corrected chi connectivity index (χ2v) is 6.22. The minimum Gasteiger partial charge on any atom is -0.389 e. The van der Waals surface area contributed by atoms with Crippen LogP contribution in [0.4, 0.5) is 14.5 Å². The van der Waals surface area contributed by atoms with Crippen molar-refractivity contribution in [1.29, 1.82) is 0 Å². The van der Waals surface area contributed by atoms with Crippen molar-refractivity contribution in [2.45, 2.75) is 4.90 Å². The van der Waals surface area contributed by atoms with Crippen molar-refractivity contribution >= 4 is 32.9 Å². The first-order valence-corrected chi connectivity index (χ1v) is 7.57. The number of benzene rings is 2. The van der Waals surface area contributed by atoms with Crippen molar-refractivity contribution in [3.8, 4) is 0 Å². The lowest BCUT2D eigenvalue weighted by molar-refractivity contribution is 0.511. The van der Waals surface area contributed by atoms with E-state index in [1.807, 2.05) is 4.72 Å². The summed E-state index contributed by atoms with van der Waals surface area (Å²) in [6, 6.07) is 8.62. The van der Waals surface area contributed by atoms with E-state index in [-0.39, 0.29) is 9.88 Å². The van der Waals surface area contributed by atoms with Gasteiger partial charge in [-0.2, -0.15) is 0 Å². The Kier molecular flexibility index (Phi) is 4.19. The van der Waals surface area contributed by atoms with Crippen molar-refractivity contribution in [1.82, 2.24) is 0 Å². The molecule has 0 atom stereocenters. The van der Waals surface area contributed by atoms with Gasteiger partial charge in [0.2, 0.25) is 0 Å². The van der Waals surface area contributed by atoms with Gasteiger partial charge in [-0.1, -0.05) is 30.4 Å². The average molecular weight is 328 g/mol. The lowest BCUT2D eigenvalue weighted by Gasteiger charge is -2.09. The number of anilines is 1. The van der Waals surface area contributed by atoms with E-state index in [2.05, 4.69) is 0 Å². The summed E-state index contributed by atoms with van der Waals surface area (Å²) in [5, 5.41) is 0. The zero-order chi connectivity index (χ0) is 15.6. The standard InChI is InChI=1S/C13H10F2N2O2S2/c14-10-2-1-3-11(12(10)15)17-21(18,19)9-6-4-8(5-7-9)13(16)20/h1-7,17H,(H2,16,20). The van der Waals surface area contributed by atoms with Crippen LogP contribution in [0.2, 0.25) is 0 Å². The fourth-order valence-electron chi connectivity index (χ4n) is 1.58. The van der Waals surface area contributed by atoms with Crippen LogP contribution in [-0.2, 0) is 10.0 Å². The van der Waals surface area contributed by atoms with Crippen LogP contribution in [0.15, 0.2) is 47.4 Å². The molecular weight excluding hydrogens is 318 g/mol. The molecule has 0 amide bonds. The van der Waals surface area contributed by atoms with E-state index in [0.29, 0.717) is 5.56 Å². The molecule has 21 heavy (non-hydrogen) atoms. The molecule has 8 heteroatoms. The molecule has 0 bridgehead atoms. The number of halogens is 2. The van der Waals surface area contributed by atoms with Crippen LogP contribution >= 0.6 is 12.2 Å². The smallest absolute Gasteiger partial charge is 0.261 e. The van der Waals surface area contributed by atoms with Gasteiger partial charge in [-0.05, 0) is 24.3 Å². The summed E-state index contributed by atoms with van der Waals surface area (Å²) in [4.78, 5) is 0.00856. The molecule has 0 unspecified atom stereocenters. The number of hydrogen-bond acceptors (Lipinski definition) is 3. The summed E-state index contributed by atoms with van der Waals surface area (Å²) in [6.45, 7) is 0. The average Bonchev–Trinajstić information content (AvgIpc) is 2.44. The van der Waals surface area contributed by atoms with E-state index in [1.54, 1.807) is 0 Å². The van der Waals surface area contributed by atoms with Gasteiger partial charge in [0, 0.05) is 5.56 Å². The molecule has 0 aliphatic rings. The Morgan fingerprint density at radius 2 is 1.71 bits per heavy atom. The number of hydrogen-bond donors (Lipinski definition) is 2. The lowest BCUT2D eigenvalue weighted by Crippen LogP contribution is -2.15. The summed E-state index contributed by atoms with van der Waals surface area (Å²) in [6.07, 6.45) is 0. The maximum absolute atomic E-state index is 13.5. The molecule has 2 aromatic rings. The SMILES string of the molecule is NC(=S)c1ccc(S(=O)(=O)Nc2cccc(F)c2F)cc1. The molecule has 0 fully saturated rings. The zero-order valence-corrected chi connectivity index (χ0v) is 12.1. The van der Waals surface area contributed by atoms with Gasteiger partial charge in [0.1, 0.15) is 4.99 Å². The van der Waals surface area contributed by atoms with E-state index in [1.165, 1.54) is 30.3 Å². The fourth-order valence-corrected chi connectivity index (χ4v) is 2.78. The molecule has 0 aliphatic heterocycles. The van der Waals surface area contributed by atoms with Gasteiger partial charge in [-0.3, -0.25) is 4.72 Å². The summed E-state index contributed by atoms with van der Waals surface area (Å²) in [7, 11) is -4.04. The van der Waals surface area contributed by atoms with Crippen molar-refractivity contribution < 1.29 is 17.2 Å². The van der Waals surface area contributed by atoms with Crippen molar-refractivity contribution in [3.63, 3.8) is 0 Å². The Balaban J connectivity index is 2.34. The van der Waals surface area contributed by atoms with Gasteiger partial charge in [0.05, 0.1) is 10.6 Å². The van der Waals surface area contributed by atoms with Crippen LogP contribution in [0.3, 0.4) is 0 Å². The Morgan fingerprint density at radius 3 is 2.29 bits per heavy atom. The second-order valence-electron chi connectivity index (χ2n) is 4.10. The van der Waals surface area contributed by atoms with Gasteiger partial charge in [0.25, 0.3) is 10.0 Å². The van der Waals surface area contributed by atoms with Crippen LogP contribution in [0.5, 0.6) is 0 Å². The van der Waals surface area contributed by atoms with Crippen LogP contribution < -0.4 is 10.5 Å². The predicted octanol–water partition coefficient (Wildman–Crippen LogP) is 2.40. The summed E-state index contributed by atoms with van der Waals surface area (Å²) in [5.74, 6) is -2.40. The number of nitrogens with two attached hydrogens (primary N) is 1. The maximum Gasteiger partial charge on any atom is 0.261 e. The van der Waals surface area contributed by atoms with E-state index < -0.39 is 27.3 Å². The van der Waals surface area contributed by atoms with E-state index in [0.717, 1.165) is 12.1 Å². The number of rotatable bonds is 4. The number of sulfonamides is 1. The molecule has 2 aromatic carbocycles. The van der Waals surface area contributed by atoms with Crippen molar-refractivity contribution in [2.75, 3.05) is 4.72 Å². The van der Waals surface area contributed by atoms with Crippen LogP contribution in [0.25, 0.3) is 0 Å². The molecule has 0 heterocycles. The lowest BCUT2D eigenvalue weighted by atomic mass is 10.2. The summed E-state index contributed by atoms with van der Waals surface area (Å²) in [5.41, 5.74) is 5.44. The third kappa shape index (κ3) is 3.34. The first kappa shape index (κ1) is 15.3.